The predicted octanol–water partition coefficient (Wildman–Crippen LogP) is 3.76. The first-order chi connectivity index (χ1) is 15.6. The molecule has 1 fully saturated rings. The zero-order chi connectivity index (χ0) is 22.1. The van der Waals surface area contributed by atoms with E-state index in [4.69, 9.17) is 4.74 Å². The van der Waals surface area contributed by atoms with Gasteiger partial charge in [0.25, 0.3) is 0 Å². The lowest BCUT2D eigenvalue weighted by Gasteiger charge is -2.28. The molecule has 0 radical (unpaired) electrons. The van der Waals surface area contributed by atoms with Gasteiger partial charge in [-0.15, -0.1) is 0 Å². The molecule has 0 saturated carbocycles. The molecule has 1 saturated heterocycles. The number of aromatic nitrogens is 2. The number of rotatable bonds is 4. The highest BCUT2D eigenvalue weighted by molar-refractivity contribution is 5.95. The molecule has 0 spiro atoms. The molecular formula is C24H23N5O3. The first-order valence-corrected chi connectivity index (χ1v) is 10.6. The van der Waals surface area contributed by atoms with Crippen molar-refractivity contribution < 1.29 is 14.3 Å². The Balaban J connectivity index is 1.31. The fourth-order valence-corrected chi connectivity index (χ4v) is 4.04. The van der Waals surface area contributed by atoms with E-state index in [1.165, 1.54) is 6.92 Å². The number of hydrogen-bond donors (Lipinski definition) is 1. The van der Waals surface area contributed by atoms with Crippen molar-refractivity contribution in [3.63, 3.8) is 0 Å². The zero-order valence-corrected chi connectivity index (χ0v) is 17.7. The number of amides is 2. The Bertz CT molecular complexity index is 1160. The third-order valence-corrected chi connectivity index (χ3v) is 5.68. The molecule has 0 aliphatic carbocycles. The van der Waals surface area contributed by atoms with Crippen LogP contribution >= 0.6 is 0 Å². The van der Waals surface area contributed by atoms with Crippen molar-refractivity contribution in [1.82, 2.24) is 9.97 Å². The molecule has 0 atom stereocenters. The van der Waals surface area contributed by atoms with Crippen LogP contribution in [0.3, 0.4) is 0 Å². The molecule has 2 amide bonds. The van der Waals surface area contributed by atoms with Gasteiger partial charge in [-0.25, -0.2) is 9.97 Å². The van der Waals surface area contributed by atoms with Gasteiger partial charge >= 0.3 is 0 Å². The van der Waals surface area contributed by atoms with Crippen LogP contribution in [0.1, 0.15) is 19.8 Å². The second-order valence-electron chi connectivity index (χ2n) is 7.82. The number of hydrogen-bond acceptors (Lipinski definition) is 6. The van der Waals surface area contributed by atoms with E-state index in [-0.39, 0.29) is 11.8 Å². The average Bonchev–Trinajstić information content (AvgIpc) is 3.25. The van der Waals surface area contributed by atoms with Crippen LogP contribution < -0.4 is 19.9 Å². The number of benzene rings is 1. The van der Waals surface area contributed by atoms with Crippen molar-refractivity contribution in [2.45, 2.75) is 19.8 Å². The monoisotopic (exact) mass is 429 g/mol. The number of carbonyl (C=O) groups excluding carboxylic acids is 2. The van der Waals surface area contributed by atoms with E-state index in [1.807, 2.05) is 47.4 Å². The van der Waals surface area contributed by atoms with Crippen LogP contribution in [-0.2, 0) is 9.59 Å². The third-order valence-electron chi connectivity index (χ3n) is 5.68. The molecule has 162 valence electrons. The van der Waals surface area contributed by atoms with Gasteiger partial charge < -0.3 is 19.9 Å². The van der Waals surface area contributed by atoms with Crippen LogP contribution in [0.2, 0.25) is 0 Å². The highest BCUT2D eigenvalue weighted by Gasteiger charge is 2.23. The second-order valence-corrected chi connectivity index (χ2v) is 7.82. The summed E-state index contributed by atoms with van der Waals surface area (Å²) in [6, 6.07) is 13.7. The van der Waals surface area contributed by atoms with Gasteiger partial charge in [0, 0.05) is 37.3 Å². The minimum atomic E-state index is -0.0453. The van der Waals surface area contributed by atoms with Crippen LogP contribution in [-0.4, -0.2) is 41.5 Å². The van der Waals surface area contributed by atoms with E-state index in [1.54, 1.807) is 17.3 Å². The fourth-order valence-electron chi connectivity index (χ4n) is 4.04. The summed E-state index contributed by atoms with van der Waals surface area (Å²) >= 11 is 0. The quantitative estimate of drug-likeness (QED) is 0.680. The molecular weight excluding hydrogens is 406 g/mol. The lowest BCUT2D eigenvalue weighted by Crippen LogP contribution is -2.36. The summed E-state index contributed by atoms with van der Waals surface area (Å²) in [4.78, 5) is 36.2. The Morgan fingerprint density at radius 2 is 1.84 bits per heavy atom. The summed E-state index contributed by atoms with van der Waals surface area (Å²) < 4.78 is 5.55. The Morgan fingerprint density at radius 1 is 1.03 bits per heavy atom. The van der Waals surface area contributed by atoms with E-state index in [0.717, 1.165) is 35.5 Å². The maximum atomic E-state index is 11.9. The molecule has 5 rings (SSSR count). The lowest BCUT2D eigenvalue weighted by molar-refractivity contribution is -0.117. The molecule has 0 unspecified atom stereocenters. The van der Waals surface area contributed by atoms with Crippen molar-refractivity contribution in [3.05, 3.63) is 54.9 Å². The highest BCUT2D eigenvalue weighted by Crippen LogP contribution is 2.33. The summed E-state index contributed by atoms with van der Waals surface area (Å²) in [6.07, 6.45) is 5.00. The maximum Gasteiger partial charge on any atom is 0.238 e. The summed E-state index contributed by atoms with van der Waals surface area (Å²) in [5, 5.41) is 3.23. The topological polar surface area (TPSA) is 87.7 Å². The molecule has 8 heteroatoms. The van der Waals surface area contributed by atoms with Crippen LogP contribution in [0.4, 0.5) is 22.9 Å². The largest absolute Gasteiger partial charge is 0.474 e. The third kappa shape index (κ3) is 3.87. The SMILES string of the molecule is CC(=O)N1CCOc2ncc(Nc3ccc(-c4ccc(N5CCCC5=O)cc4)cn3)cc21. The van der Waals surface area contributed by atoms with Crippen molar-refractivity contribution >= 4 is 34.7 Å². The van der Waals surface area contributed by atoms with Crippen LogP contribution in [0.25, 0.3) is 11.1 Å². The highest BCUT2D eigenvalue weighted by atomic mass is 16.5. The standard InChI is InChI=1S/C24H23N5O3/c1-16(30)28-11-12-32-24-21(28)13-19(15-26-24)27-22-9-6-18(14-25-22)17-4-7-20(8-5-17)29-10-2-3-23(29)31/h4-9,13-15H,2-3,10-12H2,1H3,(H,25,27). The van der Waals surface area contributed by atoms with Crippen LogP contribution in [0.15, 0.2) is 54.9 Å². The van der Waals surface area contributed by atoms with Gasteiger partial charge in [0.05, 0.1) is 18.4 Å². The summed E-state index contributed by atoms with van der Waals surface area (Å²) in [6.45, 7) is 3.26. The molecule has 4 heterocycles. The second kappa shape index (κ2) is 8.30. The average molecular weight is 429 g/mol. The number of carbonyl (C=O) groups is 2. The Labute approximate surface area is 185 Å². The van der Waals surface area contributed by atoms with E-state index in [9.17, 15) is 9.59 Å². The molecule has 2 aromatic heterocycles. The molecule has 1 aromatic carbocycles. The van der Waals surface area contributed by atoms with Gasteiger partial charge in [-0.1, -0.05) is 12.1 Å². The van der Waals surface area contributed by atoms with E-state index >= 15 is 0 Å². The summed E-state index contributed by atoms with van der Waals surface area (Å²) in [7, 11) is 0. The molecule has 2 aliphatic rings. The van der Waals surface area contributed by atoms with Crippen LogP contribution in [0.5, 0.6) is 5.88 Å². The molecule has 8 nitrogen and oxygen atoms in total. The van der Waals surface area contributed by atoms with Crippen molar-refractivity contribution in [1.29, 1.82) is 0 Å². The smallest absolute Gasteiger partial charge is 0.238 e. The van der Waals surface area contributed by atoms with Gasteiger partial charge in [0.15, 0.2) is 0 Å². The van der Waals surface area contributed by atoms with Gasteiger partial charge in [0.2, 0.25) is 17.7 Å². The Morgan fingerprint density at radius 3 is 2.53 bits per heavy atom. The molecule has 2 aliphatic heterocycles. The van der Waals surface area contributed by atoms with Crippen molar-refractivity contribution in [2.24, 2.45) is 0 Å². The summed E-state index contributed by atoms with van der Waals surface area (Å²) in [5.74, 6) is 1.26. The van der Waals surface area contributed by atoms with E-state index < -0.39 is 0 Å². The zero-order valence-electron chi connectivity index (χ0n) is 17.7. The first-order valence-electron chi connectivity index (χ1n) is 10.6. The molecule has 1 N–H and O–H groups in total. The number of fused-ring (bicyclic) bond motifs is 1. The van der Waals surface area contributed by atoms with Gasteiger partial charge in [-0.2, -0.15) is 0 Å². The number of pyridine rings is 2. The number of nitrogens with zero attached hydrogens (tertiary/aromatic N) is 4. The maximum absolute atomic E-state index is 11.9. The number of ether oxygens (including phenoxy) is 1. The molecule has 3 aromatic rings. The Hall–Kier alpha value is -3.94. The lowest BCUT2D eigenvalue weighted by atomic mass is 10.1. The number of nitrogens with one attached hydrogen (secondary N) is 1. The normalized spacial score (nSPS) is 15.3. The Kier molecular flexibility index (Phi) is 5.18. The number of anilines is 4. The first kappa shape index (κ1) is 20.0. The fraction of sp³-hybridized carbons (Fsp3) is 0.250. The van der Waals surface area contributed by atoms with Gasteiger partial charge in [0.1, 0.15) is 18.1 Å². The molecule has 32 heavy (non-hydrogen) atoms. The van der Waals surface area contributed by atoms with Gasteiger partial charge in [-0.05, 0) is 42.3 Å². The molecule has 0 bridgehead atoms. The van der Waals surface area contributed by atoms with Crippen molar-refractivity contribution in [2.75, 3.05) is 34.8 Å². The van der Waals surface area contributed by atoms with E-state index in [2.05, 4.69) is 15.3 Å². The summed E-state index contributed by atoms with van der Waals surface area (Å²) in [5.41, 5.74) is 4.33. The minimum absolute atomic E-state index is 0.0453. The minimum Gasteiger partial charge on any atom is -0.474 e. The predicted molar refractivity (Wildman–Crippen MR) is 122 cm³/mol. The van der Waals surface area contributed by atoms with Gasteiger partial charge in [-0.3, -0.25) is 9.59 Å². The van der Waals surface area contributed by atoms with Crippen molar-refractivity contribution in [3.8, 4) is 17.0 Å². The van der Waals surface area contributed by atoms with E-state index in [0.29, 0.717) is 37.0 Å². The van der Waals surface area contributed by atoms with Crippen LogP contribution in [0, 0.1) is 0 Å².